The molecule has 246 valence electrons. The first-order chi connectivity index (χ1) is 21.0. The molecular weight excluding hydrogens is 681 g/mol. The van der Waals surface area contributed by atoms with Gasteiger partial charge in [0.1, 0.15) is 29.0 Å². The van der Waals surface area contributed by atoms with Crippen molar-refractivity contribution in [2.45, 2.75) is 126 Å². The van der Waals surface area contributed by atoms with Gasteiger partial charge in [-0.1, -0.05) is 80.1 Å². The molecule has 3 heterocycles. The van der Waals surface area contributed by atoms with E-state index >= 15 is 0 Å². The second-order valence-electron chi connectivity index (χ2n) is 13.4. The Hall–Kier alpha value is -1.51. The van der Waals surface area contributed by atoms with Gasteiger partial charge in [0.25, 0.3) is 0 Å². The topological polar surface area (TPSA) is 102 Å². The molecule has 3 saturated heterocycles. The first kappa shape index (κ1) is 33.8. The number of rotatable bonds is 11. The lowest BCUT2D eigenvalue weighted by Crippen LogP contribution is -2.66. The Morgan fingerprint density at radius 1 is 1.14 bits per heavy atom. The Kier molecular flexibility index (Phi) is 11.5. The Labute approximate surface area is 274 Å². The third kappa shape index (κ3) is 8.25. The highest BCUT2D eigenvalue weighted by atomic mass is 127. The SMILES string of the molecule is CC(C)[C@@H]1CC[C@@H](C)C[C@H]1OC(I)CCCCO[C@@H]1O[C@@H]2COC(C)(C)O[C@H]2[C@@H]2OC(=O)N(C(=O)OCc3ccccc3)[C@H]12. The van der Waals surface area contributed by atoms with Crippen molar-refractivity contribution >= 4 is 34.8 Å². The summed E-state index contributed by atoms with van der Waals surface area (Å²) in [5, 5.41) is 0. The number of fused-ring (bicyclic) bond motifs is 3. The van der Waals surface area contributed by atoms with Gasteiger partial charge in [-0.25, -0.2) is 9.59 Å². The Morgan fingerprint density at radius 3 is 2.66 bits per heavy atom. The zero-order valence-corrected chi connectivity index (χ0v) is 28.7. The van der Waals surface area contributed by atoms with Crippen molar-refractivity contribution in [2.75, 3.05) is 13.2 Å². The maximum Gasteiger partial charge on any atom is 0.420 e. The lowest BCUT2D eigenvalue weighted by molar-refractivity contribution is -0.365. The minimum Gasteiger partial charge on any atom is -0.444 e. The molecule has 10 nitrogen and oxygen atoms in total. The number of imide groups is 1. The molecule has 0 aromatic heterocycles. The molecule has 1 aromatic carbocycles. The predicted molar refractivity (Wildman–Crippen MR) is 170 cm³/mol. The molecule has 1 saturated carbocycles. The van der Waals surface area contributed by atoms with Crippen LogP contribution in [0.15, 0.2) is 30.3 Å². The number of carbonyl (C=O) groups is 2. The van der Waals surface area contributed by atoms with Crippen LogP contribution in [-0.2, 0) is 39.8 Å². The van der Waals surface area contributed by atoms with Crippen LogP contribution in [0.25, 0.3) is 0 Å². The molecule has 44 heavy (non-hydrogen) atoms. The van der Waals surface area contributed by atoms with Crippen LogP contribution in [0.4, 0.5) is 9.59 Å². The average Bonchev–Trinajstić information content (AvgIpc) is 3.33. The third-order valence-corrected chi connectivity index (χ3v) is 10.1. The fourth-order valence-electron chi connectivity index (χ4n) is 6.77. The summed E-state index contributed by atoms with van der Waals surface area (Å²) in [5.74, 6) is 1.05. The molecule has 0 N–H and O–H groups in total. The maximum absolute atomic E-state index is 13.2. The van der Waals surface area contributed by atoms with Crippen molar-refractivity contribution in [3.8, 4) is 0 Å². The second kappa shape index (κ2) is 14.9. The van der Waals surface area contributed by atoms with E-state index in [9.17, 15) is 9.59 Å². The summed E-state index contributed by atoms with van der Waals surface area (Å²) in [6.45, 7) is 11.2. The number of hydrogen-bond acceptors (Lipinski definition) is 9. The van der Waals surface area contributed by atoms with Gasteiger partial charge in [-0.2, -0.15) is 4.90 Å². The average molecular weight is 730 g/mol. The molecule has 0 radical (unpaired) electrons. The molecule has 4 fully saturated rings. The van der Waals surface area contributed by atoms with Crippen molar-refractivity contribution in [2.24, 2.45) is 17.8 Å². The molecule has 3 aliphatic heterocycles. The molecule has 5 rings (SSSR count). The van der Waals surface area contributed by atoms with Crippen LogP contribution in [0.3, 0.4) is 0 Å². The Bertz CT molecular complexity index is 1100. The third-order valence-electron chi connectivity index (χ3n) is 9.15. The molecular formula is C33H48INO9. The highest BCUT2D eigenvalue weighted by Crippen LogP contribution is 2.40. The largest absolute Gasteiger partial charge is 0.444 e. The Balaban J connectivity index is 1.17. The highest BCUT2D eigenvalue weighted by molar-refractivity contribution is 14.1. The Morgan fingerprint density at radius 2 is 1.91 bits per heavy atom. The number of amides is 2. The van der Waals surface area contributed by atoms with Gasteiger partial charge in [-0.15, -0.1) is 0 Å². The second-order valence-corrected chi connectivity index (χ2v) is 14.8. The van der Waals surface area contributed by atoms with Gasteiger partial charge < -0.3 is 33.2 Å². The summed E-state index contributed by atoms with van der Waals surface area (Å²) in [5.41, 5.74) is 0.808. The summed E-state index contributed by atoms with van der Waals surface area (Å²) in [7, 11) is 0. The van der Waals surface area contributed by atoms with Gasteiger partial charge in [0.15, 0.2) is 18.2 Å². The zero-order chi connectivity index (χ0) is 31.4. The number of halogens is 1. The molecule has 0 spiro atoms. The summed E-state index contributed by atoms with van der Waals surface area (Å²) in [6.07, 6.45) is 2.14. The first-order valence-corrected chi connectivity index (χ1v) is 17.4. The van der Waals surface area contributed by atoms with Gasteiger partial charge >= 0.3 is 12.2 Å². The van der Waals surface area contributed by atoms with E-state index in [1.807, 2.05) is 30.3 Å². The van der Waals surface area contributed by atoms with E-state index in [-0.39, 0.29) is 17.3 Å². The number of ether oxygens (including phenoxy) is 7. The van der Waals surface area contributed by atoms with Crippen LogP contribution in [-0.4, -0.2) is 76.9 Å². The van der Waals surface area contributed by atoms with Crippen LogP contribution >= 0.6 is 22.6 Å². The number of carbonyl (C=O) groups excluding carboxylic acids is 2. The van der Waals surface area contributed by atoms with Crippen molar-refractivity contribution in [3.63, 3.8) is 0 Å². The number of unbranched alkanes of at least 4 members (excludes halogenated alkanes) is 1. The quantitative estimate of drug-likeness (QED) is 0.138. The smallest absolute Gasteiger partial charge is 0.420 e. The lowest BCUT2D eigenvalue weighted by atomic mass is 9.75. The van der Waals surface area contributed by atoms with Crippen molar-refractivity contribution in [1.82, 2.24) is 4.90 Å². The van der Waals surface area contributed by atoms with Gasteiger partial charge in [-0.05, 0) is 69.3 Å². The van der Waals surface area contributed by atoms with Gasteiger partial charge in [0.05, 0.1) is 12.7 Å². The van der Waals surface area contributed by atoms with Gasteiger partial charge in [-0.3, -0.25) is 0 Å². The van der Waals surface area contributed by atoms with E-state index in [1.165, 1.54) is 12.8 Å². The van der Waals surface area contributed by atoms with Crippen molar-refractivity contribution in [1.29, 1.82) is 0 Å². The molecule has 1 unspecified atom stereocenters. The van der Waals surface area contributed by atoms with Gasteiger partial charge in [0, 0.05) is 6.61 Å². The first-order valence-electron chi connectivity index (χ1n) is 16.1. The predicted octanol–water partition coefficient (Wildman–Crippen LogP) is 6.81. The van der Waals surface area contributed by atoms with E-state index in [1.54, 1.807) is 13.8 Å². The van der Waals surface area contributed by atoms with Crippen LogP contribution < -0.4 is 0 Å². The van der Waals surface area contributed by atoms with Crippen molar-refractivity contribution < 1.29 is 42.7 Å². The number of alkyl halides is 1. The fourth-order valence-corrected chi connectivity index (χ4v) is 7.59. The molecule has 2 amide bonds. The summed E-state index contributed by atoms with van der Waals surface area (Å²) < 4.78 is 42.4. The normalized spacial score (nSPS) is 33.8. The van der Waals surface area contributed by atoms with E-state index in [0.717, 1.165) is 36.1 Å². The van der Waals surface area contributed by atoms with E-state index < -0.39 is 48.6 Å². The standard InChI is InChI=1S/C33H48INO9/c1-20(2)23-15-14-21(3)17-24(23)41-26(34)13-9-10-16-38-30-27-29(28-25(42-30)19-40-33(4,5)44-28)43-32(37)35(27)31(36)39-18-22-11-7-6-8-12-22/h6-8,11-12,20-21,23-30H,9-10,13-19H2,1-5H3/t21-,23+,24-,25-,26?,27+,28-,29-,30-/m1/s1. The lowest BCUT2D eigenvalue weighted by Gasteiger charge is -2.48. The fraction of sp³-hybridized carbons (Fsp3) is 0.758. The van der Waals surface area contributed by atoms with Gasteiger partial charge in [0.2, 0.25) is 0 Å². The minimum atomic E-state index is -0.910. The summed E-state index contributed by atoms with van der Waals surface area (Å²) in [4.78, 5) is 27.3. The molecule has 4 aliphatic rings. The highest BCUT2D eigenvalue weighted by Gasteiger charge is 2.61. The van der Waals surface area contributed by atoms with E-state index in [0.29, 0.717) is 30.5 Å². The molecule has 1 aliphatic carbocycles. The molecule has 0 bridgehead atoms. The summed E-state index contributed by atoms with van der Waals surface area (Å²) >= 11 is 2.42. The maximum atomic E-state index is 13.2. The number of nitrogens with zero attached hydrogens (tertiary/aromatic N) is 1. The van der Waals surface area contributed by atoms with E-state index in [2.05, 4.69) is 43.4 Å². The number of benzene rings is 1. The zero-order valence-electron chi connectivity index (χ0n) is 26.5. The van der Waals surface area contributed by atoms with Crippen LogP contribution in [0, 0.1) is 17.8 Å². The number of hydrogen-bond donors (Lipinski definition) is 0. The van der Waals surface area contributed by atoms with Crippen LogP contribution in [0.5, 0.6) is 0 Å². The molecule has 1 aromatic rings. The molecule has 11 heteroatoms. The summed E-state index contributed by atoms with van der Waals surface area (Å²) in [6, 6.07) is 8.44. The van der Waals surface area contributed by atoms with Crippen LogP contribution in [0.1, 0.15) is 78.7 Å². The molecule has 9 atom stereocenters. The monoisotopic (exact) mass is 729 g/mol. The van der Waals surface area contributed by atoms with Crippen molar-refractivity contribution in [3.05, 3.63) is 35.9 Å². The van der Waals surface area contributed by atoms with Crippen LogP contribution in [0.2, 0.25) is 0 Å². The van der Waals surface area contributed by atoms with E-state index in [4.69, 9.17) is 33.2 Å². The minimum absolute atomic E-state index is 0.0217.